The molecule has 3 heterocycles. The molecule has 1 atom stereocenters. The Hall–Kier alpha value is -2.60. The Labute approximate surface area is 153 Å². The molecule has 1 unspecified atom stereocenters. The van der Waals surface area contributed by atoms with Crippen molar-refractivity contribution in [2.45, 2.75) is 32.4 Å². The molecule has 136 valence electrons. The fourth-order valence-electron chi connectivity index (χ4n) is 3.53. The van der Waals surface area contributed by atoms with Gasteiger partial charge in [0.2, 0.25) is 0 Å². The largest absolute Gasteiger partial charge is 0.497 e. The Kier molecular flexibility index (Phi) is 4.75. The third-order valence-corrected chi connectivity index (χ3v) is 4.97. The average molecular weight is 351 g/mol. The number of nitrogens with zero attached hydrogens (tertiary/aromatic N) is 3. The molecule has 6 heteroatoms. The zero-order chi connectivity index (χ0) is 17.9. The predicted octanol–water partition coefficient (Wildman–Crippen LogP) is 2.96. The van der Waals surface area contributed by atoms with Crippen LogP contribution < -0.4 is 15.4 Å². The second kappa shape index (κ2) is 7.33. The van der Waals surface area contributed by atoms with Crippen molar-refractivity contribution >= 4 is 16.9 Å². The standard InChI is InChI=1S/C20H25N5O/c1-14-9-11-22-20-18(14)19(23-16-4-3-10-21-12-16)24-25(20)13-15-5-7-17(26-2)8-6-15/h5-9,11,16,21H,3-4,10,12-13H2,1-2H3,(H,23,24). The van der Waals surface area contributed by atoms with Crippen molar-refractivity contribution in [3.63, 3.8) is 0 Å². The number of methoxy groups -OCH3 is 1. The monoisotopic (exact) mass is 351 g/mol. The minimum absolute atomic E-state index is 0.413. The minimum atomic E-state index is 0.413. The predicted molar refractivity (Wildman–Crippen MR) is 104 cm³/mol. The van der Waals surface area contributed by atoms with Crippen LogP contribution >= 0.6 is 0 Å². The molecular weight excluding hydrogens is 326 g/mol. The Morgan fingerprint density at radius 3 is 2.85 bits per heavy atom. The molecule has 2 aromatic heterocycles. The van der Waals surface area contributed by atoms with Crippen LogP contribution in [-0.2, 0) is 6.54 Å². The van der Waals surface area contributed by atoms with E-state index in [1.165, 1.54) is 24.0 Å². The fraction of sp³-hybridized carbons (Fsp3) is 0.400. The van der Waals surface area contributed by atoms with E-state index in [1.807, 2.05) is 29.1 Å². The van der Waals surface area contributed by atoms with E-state index in [-0.39, 0.29) is 0 Å². The molecule has 1 aromatic carbocycles. The van der Waals surface area contributed by atoms with Gasteiger partial charge >= 0.3 is 0 Å². The fourth-order valence-corrected chi connectivity index (χ4v) is 3.53. The highest BCUT2D eigenvalue weighted by Crippen LogP contribution is 2.27. The number of aromatic nitrogens is 3. The van der Waals surface area contributed by atoms with Gasteiger partial charge < -0.3 is 15.4 Å². The van der Waals surface area contributed by atoms with Crippen LogP contribution in [0.3, 0.4) is 0 Å². The van der Waals surface area contributed by atoms with Gasteiger partial charge in [-0.2, -0.15) is 5.10 Å². The zero-order valence-corrected chi connectivity index (χ0v) is 15.3. The second-order valence-corrected chi connectivity index (χ2v) is 6.87. The minimum Gasteiger partial charge on any atom is -0.497 e. The summed E-state index contributed by atoms with van der Waals surface area (Å²) < 4.78 is 7.23. The van der Waals surface area contributed by atoms with Crippen LogP contribution in [0.2, 0.25) is 0 Å². The number of rotatable bonds is 5. The van der Waals surface area contributed by atoms with E-state index >= 15 is 0 Å². The van der Waals surface area contributed by atoms with E-state index in [0.717, 1.165) is 35.7 Å². The van der Waals surface area contributed by atoms with Gasteiger partial charge in [0.15, 0.2) is 11.5 Å². The van der Waals surface area contributed by atoms with Crippen LogP contribution in [0.5, 0.6) is 5.75 Å². The van der Waals surface area contributed by atoms with Crippen LogP contribution in [0.1, 0.15) is 24.0 Å². The van der Waals surface area contributed by atoms with Crippen LogP contribution in [0.15, 0.2) is 36.5 Å². The number of fused-ring (bicyclic) bond motifs is 1. The lowest BCUT2D eigenvalue weighted by Crippen LogP contribution is -2.38. The molecule has 0 aliphatic carbocycles. The zero-order valence-electron chi connectivity index (χ0n) is 15.3. The van der Waals surface area contributed by atoms with E-state index < -0.39 is 0 Å². The lowest BCUT2D eigenvalue weighted by Gasteiger charge is -2.23. The van der Waals surface area contributed by atoms with E-state index in [1.54, 1.807) is 7.11 Å². The van der Waals surface area contributed by atoms with E-state index in [4.69, 9.17) is 9.84 Å². The normalized spacial score (nSPS) is 17.4. The van der Waals surface area contributed by atoms with E-state index in [2.05, 4.69) is 34.7 Å². The molecule has 0 radical (unpaired) electrons. The summed E-state index contributed by atoms with van der Waals surface area (Å²) in [6, 6.07) is 10.6. The molecule has 0 spiro atoms. The summed E-state index contributed by atoms with van der Waals surface area (Å²) in [6.45, 7) is 4.88. The molecule has 3 aromatic rings. The quantitative estimate of drug-likeness (QED) is 0.740. The van der Waals surface area contributed by atoms with Crippen LogP contribution in [0, 0.1) is 6.92 Å². The topological polar surface area (TPSA) is 64.0 Å². The summed E-state index contributed by atoms with van der Waals surface area (Å²) in [6.07, 6.45) is 4.22. The molecule has 1 aliphatic rings. The lowest BCUT2D eigenvalue weighted by molar-refractivity contribution is 0.414. The van der Waals surface area contributed by atoms with Crippen molar-refractivity contribution in [2.75, 3.05) is 25.5 Å². The highest BCUT2D eigenvalue weighted by molar-refractivity contribution is 5.90. The third-order valence-electron chi connectivity index (χ3n) is 4.97. The van der Waals surface area contributed by atoms with Gasteiger partial charge in [-0.25, -0.2) is 9.67 Å². The number of nitrogens with one attached hydrogen (secondary N) is 2. The van der Waals surface area contributed by atoms with Gasteiger partial charge in [0.1, 0.15) is 5.75 Å². The maximum atomic E-state index is 5.24. The van der Waals surface area contributed by atoms with Crippen LogP contribution in [0.25, 0.3) is 11.0 Å². The Balaban J connectivity index is 1.66. The summed E-state index contributed by atoms with van der Waals surface area (Å²) >= 11 is 0. The number of piperidine rings is 1. The van der Waals surface area contributed by atoms with Gasteiger partial charge in [-0.05, 0) is 55.6 Å². The summed E-state index contributed by atoms with van der Waals surface area (Å²) in [5.41, 5.74) is 3.29. The number of ether oxygens (including phenoxy) is 1. The number of hydrogen-bond donors (Lipinski definition) is 2. The van der Waals surface area contributed by atoms with Gasteiger partial charge in [0, 0.05) is 18.8 Å². The van der Waals surface area contributed by atoms with Crippen LogP contribution in [-0.4, -0.2) is 41.0 Å². The van der Waals surface area contributed by atoms with Crippen molar-refractivity contribution < 1.29 is 4.74 Å². The molecule has 1 aliphatic heterocycles. The molecule has 6 nitrogen and oxygen atoms in total. The smallest absolute Gasteiger partial charge is 0.160 e. The molecular formula is C20H25N5O. The summed E-state index contributed by atoms with van der Waals surface area (Å²) in [5.74, 6) is 1.80. The first-order valence-corrected chi connectivity index (χ1v) is 9.17. The first-order chi connectivity index (χ1) is 12.7. The highest BCUT2D eigenvalue weighted by Gasteiger charge is 2.19. The molecule has 0 saturated carbocycles. The van der Waals surface area contributed by atoms with Crippen molar-refractivity contribution in [3.8, 4) is 5.75 Å². The molecule has 26 heavy (non-hydrogen) atoms. The SMILES string of the molecule is COc1ccc(Cn2nc(NC3CCCNC3)c3c(C)ccnc32)cc1. The second-order valence-electron chi connectivity index (χ2n) is 6.87. The maximum Gasteiger partial charge on any atom is 0.160 e. The molecule has 4 rings (SSSR count). The number of hydrogen-bond acceptors (Lipinski definition) is 5. The summed E-state index contributed by atoms with van der Waals surface area (Å²) in [4.78, 5) is 4.61. The third kappa shape index (κ3) is 3.37. The van der Waals surface area contributed by atoms with Crippen molar-refractivity contribution in [3.05, 3.63) is 47.7 Å². The maximum absolute atomic E-state index is 5.24. The van der Waals surface area contributed by atoms with Gasteiger partial charge in [-0.1, -0.05) is 12.1 Å². The Morgan fingerprint density at radius 1 is 1.27 bits per heavy atom. The molecule has 0 bridgehead atoms. The van der Waals surface area contributed by atoms with Crippen molar-refractivity contribution in [1.29, 1.82) is 0 Å². The first kappa shape index (κ1) is 16.8. The molecule has 0 amide bonds. The van der Waals surface area contributed by atoms with Gasteiger partial charge in [-0.3, -0.25) is 0 Å². The van der Waals surface area contributed by atoms with Gasteiger partial charge in [0.25, 0.3) is 0 Å². The van der Waals surface area contributed by atoms with Gasteiger partial charge in [0.05, 0.1) is 19.0 Å². The van der Waals surface area contributed by atoms with Gasteiger partial charge in [-0.15, -0.1) is 0 Å². The van der Waals surface area contributed by atoms with E-state index in [0.29, 0.717) is 12.6 Å². The Bertz CT molecular complexity index is 881. The van der Waals surface area contributed by atoms with Crippen molar-refractivity contribution in [1.82, 2.24) is 20.1 Å². The number of aryl methyl sites for hydroxylation is 1. The molecule has 1 fully saturated rings. The van der Waals surface area contributed by atoms with Crippen LogP contribution in [0.4, 0.5) is 5.82 Å². The first-order valence-electron chi connectivity index (χ1n) is 9.17. The average Bonchev–Trinajstić information content (AvgIpc) is 3.02. The summed E-state index contributed by atoms with van der Waals surface area (Å²) in [5, 5.41) is 13.1. The lowest BCUT2D eigenvalue weighted by atomic mass is 10.1. The summed E-state index contributed by atoms with van der Waals surface area (Å²) in [7, 11) is 1.68. The van der Waals surface area contributed by atoms with E-state index in [9.17, 15) is 0 Å². The molecule has 1 saturated heterocycles. The number of benzene rings is 1. The Morgan fingerprint density at radius 2 is 2.12 bits per heavy atom. The highest BCUT2D eigenvalue weighted by atomic mass is 16.5. The van der Waals surface area contributed by atoms with Crippen molar-refractivity contribution in [2.24, 2.45) is 0 Å². The molecule has 2 N–H and O–H groups in total. The number of anilines is 1. The number of pyridine rings is 1.